The largest absolute Gasteiger partial charge is 0.343 e. The number of nitrogens with one attached hydrogen (secondary N) is 2. The fourth-order valence-corrected chi connectivity index (χ4v) is 2.56. The van der Waals surface area contributed by atoms with Gasteiger partial charge in [-0.1, -0.05) is 19.8 Å². The van der Waals surface area contributed by atoms with Crippen LogP contribution in [0, 0.1) is 5.92 Å². The zero-order chi connectivity index (χ0) is 10.8. The average Bonchev–Trinajstić information content (AvgIpc) is 2.74. The van der Waals surface area contributed by atoms with Crippen LogP contribution in [0.2, 0.25) is 0 Å². The van der Waals surface area contributed by atoms with Crippen LogP contribution in [0.5, 0.6) is 0 Å². The Morgan fingerprint density at radius 3 is 2.40 bits per heavy atom. The Labute approximate surface area is 89.8 Å². The summed E-state index contributed by atoms with van der Waals surface area (Å²) < 4.78 is 0. The number of carbonyl (C=O) groups excluding carboxylic acids is 2. The molecule has 84 valence electrons. The molecule has 2 rings (SSSR count). The van der Waals surface area contributed by atoms with Crippen molar-refractivity contribution >= 4 is 11.8 Å². The summed E-state index contributed by atoms with van der Waals surface area (Å²) in [5.74, 6) is 0.342. The Kier molecular flexibility index (Phi) is 2.93. The van der Waals surface area contributed by atoms with Gasteiger partial charge in [-0.3, -0.25) is 9.59 Å². The van der Waals surface area contributed by atoms with E-state index in [1.54, 1.807) is 0 Å². The first-order valence-electron chi connectivity index (χ1n) is 5.83. The van der Waals surface area contributed by atoms with Crippen LogP contribution in [0.1, 0.15) is 39.0 Å². The molecule has 1 saturated heterocycles. The predicted molar refractivity (Wildman–Crippen MR) is 56.1 cm³/mol. The number of hydrogen-bond donors (Lipinski definition) is 2. The van der Waals surface area contributed by atoms with Crippen LogP contribution in [0.15, 0.2) is 0 Å². The van der Waals surface area contributed by atoms with E-state index in [9.17, 15) is 9.59 Å². The number of hydrogen-bond acceptors (Lipinski definition) is 2. The third-order valence-electron chi connectivity index (χ3n) is 3.49. The van der Waals surface area contributed by atoms with Crippen LogP contribution < -0.4 is 10.6 Å². The fourth-order valence-electron chi connectivity index (χ4n) is 2.56. The number of amides is 2. The minimum atomic E-state index is -0.324. The number of carbonyl (C=O) groups is 2. The smallest absolute Gasteiger partial charge is 0.243 e. The van der Waals surface area contributed by atoms with Gasteiger partial charge in [0.2, 0.25) is 11.8 Å². The Bertz CT molecular complexity index is 272. The van der Waals surface area contributed by atoms with Crippen molar-refractivity contribution in [2.75, 3.05) is 0 Å². The summed E-state index contributed by atoms with van der Waals surface area (Å²) in [4.78, 5) is 23.4. The molecule has 0 aromatic carbocycles. The first kappa shape index (κ1) is 10.5. The van der Waals surface area contributed by atoms with Gasteiger partial charge in [-0.05, 0) is 25.2 Å². The van der Waals surface area contributed by atoms with Gasteiger partial charge in [0.15, 0.2) is 0 Å². The summed E-state index contributed by atoms with van der Waals surface area (Å²) >= 11 is 0. The average molecular weight is 210 g/mol. The van der Waals surface area contributed by atoms with Crippen LogP contribution in [0.3, 0.4) is 0 Å². The monoisotopic (exact) mass is 210 g/mol. The maximum atomic E-state index is 11.8. The van der Waals surface area contributed by atoms with E-state index in [2.05, 4.69) is 10.6 Å². The molecule has 2 fully saturated rings. The highest BCUT2D eigenvalue weighted by atomic mass is 16.2. The highest BCUT2D eigenvalue weighted by Gasteiger charge is 2.38. The maximum absolute atomic E-state index is 11.8. The zero-order valence-corrected chi connectivity index (χ0v) is 9.08. The molecular weight excluding hydrogens is 192 g/mol. The third kappa shape index (κ3) is 1.98. The van der Waals surface area contributed by atoms with Crippen LogP contribution in [0.25, 0.3) is 0 Å². The lowest BCUT2D eigenvalue weighted by atomic mass is 9.94. The highest BCUT2D eigenvalue weighted by Crippen LogP contribution is 2.28. The topological polar surface area (TPSA) is 58.2 Å². The second-order valence-electron chi connectivity index (χ2n) is 4.50. The van der Waals surface area contributed by atoms with Crippen LogP contribution >= 0.6 is 0 Å². The summed E-state index contributed by atoms with van der Waals surface area (Å²) in [5.41, 5.74) is 0. The van der Waals surface area contributed by atoms with Crippen molar-refractivity contribution < 1.29 is 9.59 Å². The van der Waals surface area contributed by atoms with Gasteiger partial charge in [-0.25, -0.2) is 0 Å². The third-order valence-corrected chi connectivity index (χ3v) is 3.49. The van der Waals surface area contributed by atoms with Gasteiger partial charge < -0.3 is 10.6 Å². The minimum Gasteiger partial charge on any atom is -0.343 e. The van der Waals surface area contributed by atoms with Crippen molar-refractivity contribution in [2.24, 2.45) is 5.92 Å². The normalized spacial score (nSPS) is 32.6. The molecule has 1 aliphatic heterocycles. The number of rotatable bonds is 2. The van der Waals surface area contributed by atoms with Gasteiger partial charge in [-0.2, -0.15) is 0 Å². The lowest BCUT2D eigenvalue weighted by molar-refractivity contribution is -0.138. The predicted octanol–water partition coefficient (Wildman–Crippen LogP) is 0.570. The molecule has 0 aromatic rings. The van der Waals surface area contributed by atoms with Crippen molar-refractivity contribution in [1.29, 1.82) is 0 Å². The lowest BCUT2D eigenvalue weighted by Crippen LogP contribution is -2.63. The van der Waals surface area contributed by atoms with Crippen LogP contribution in [0.4, 0.5) is 0 Å². The van der Waals surface area contributed by atoms with Crippen LogP contribution in [-0.4, -0.2) is 23.9 Å². The number of piperazine rings is 1. The first-order valence-corrected chi connectivity index (χ1v) is 5.83. The van der Waals surface area contributed by atoms with Crippen molar-refractivity contribution in [3.05, 3.63) is 0 Å². The second kappa shape index (κ2) is 4.21. The summed E-state index contributed by atoms with van der Waals surface area (Å²) in [6, 6.07) is -0.599. The first-order chi connectivity index (χ1) is 7.22. The molecule has 1 saturated carbocycles. The molecule has 4 heteroatoms. The molecule has 2 aliphatic rings. The van der Waals surface area contributed by atoms with Crippen molar-refractivity contribution in [3.8, 4) is 0 Å². The van der Waals surface area contributed by atoms with Crippen LogP contribution in [-0.2, 0) is 9.59 Å². The van der Waals surface area contributed by atoms with Gasteiger partial charge >= 0.3 is 0 Å². The standard InChI is InChI=1S/C11H18N2O2/c1-2-8-10(14)13-9(11(15)12-8)7-5-3-4-6-7/h7-9H,2-6H2,1H3,(H,12,15)(H,13,14). The van der Waals surface area contributed by atoms with E-state index >= 15 is 0 Å². The Balaban J connectivity index is 2.02. The van der Waals surface area contributed by atoms with E-state index < -0.39 is 0 Å². The minimum absolute atomic E-state index is 0.00773. The molecule has 2 atom stereocenters. The summed E-state index contributed by atoms with van der Waals surface area (Å²) in [6.07, 6.45) is 5.16. The Morgan fingerprint density at radius 1 is 1.13 bits per heavy atom. The Hall–Kier alpha value is -1.06. The van der Waals surface area contributed by atoms with Gasteiger partial charge in [0, 0.05) is 0 Å². The molecule has 2 N–H and O–H groups in total. The Morgan fingerprint density at radius 2 is 1.80 bits per heavy atom. The molecule has 2 unspecified atom stereocenters. The molecule has 0 bridgehead atoms. The summed E-state index contributed by atoms with van der Waals surface area (Å²) in [5, 5.41) is 5.65. The van der Waals surface area contributed by atoms with E-state index in [1.807, 2.05) is 6.92 Å². The molecule has 4 nitrogen and oxygen atoms in total. The molecular formula is C11H18N2O2. The second-order valence-corrected chi connectivity index (χ2v) is 4.50. The summed E-state index contributed by atoms with van der Waals surface area (Å²) in [6.45, 7) is 1.90. The van der Waals surface area contributed by atoms with Gasteiger partial charge in [0.25, 0.3) is 0 Å². The van der Waals surface area contributed by atoms with E-state index in [1.165, 1.54) is 12.8 Å². The molecule has 0 aromatic heterocycles. The molecule has 2 amide bonds. The van der Waals surface area contributed by atoms with Crippen molar-refractivity contribution in [3.63, 3.8) is 0 Å². The molecule has 15 heavy (non-hydrogen) atoms. The molecule has 1 aliphatic carbocycles. The maximum Gasteiger partial charge on any atom is 0.243 e. The lowest BCUT2D eigenvalue weighted by Gasteiger charge is -2.32. The van der Waals surface area contributed by atoms with Crippen molar-refractivity contribution in [1.82, 2.24) is 10.6 Å². The van der Waals surface area contributed by atoms with Gasteiger partial charge in [0.05, 0.1) is 0 Å². The van der Waals surface area contributed by atoms with Gasteiger partial charge in [0.1, 0.15) is 12.1 Å². The quantitative estimate of drug-likeness (QED) is 0.700. The van der Waals surface area contributed by atoms with Gasteiger partial charge in [-0.15, -0.1) is 0 Å². The molecule has 0 radical (unpaired) electrons. The molecule has 0 spiro atoms. The van der Waals surface area contributed by atoms with Crippen molar-refractivity contribution in [2.45, 2.75) is 51.1 Å². The summed E-state index contributed by atoms with van der Waals surface area (Å²) in [7, 11) is 0. The van der Waals surface area contributed by atoms with E-state index in [0.29, 0.717) is 12.3 Å². The highest BCUT2D eigenvalue weighted by molar-refractivity contribution is 5.97. The van der Waals surface area contributed by atoms with E-state index in [4.69, 9.17) is 0 Å². The SMILES string of the molecule is CCC1NC(=O)C(C2CCCC2)NC1=O. The van der Waals surface area contributed by atoms with E-state index in [-0.39, 0.29) is 23.9 Å². The zero-order valence-electron chi connectivity index (χ0n) is 9.08. The fraction of sp³-hybridized carbons (Fsp3) is 0.818. The van der Waals surface area contributed by atoms with E-state index in [0.717, 1.165) is 12.8 Å². The molecule has 1 heterocycles.